The van der Waals surface area contributed by atoms with Crippen LogP contribution in [0.4, 0.5) is 0 Å². The van der Waals surface area contributed by atoms with E-state index in [2.05, 4.69) is 20.4 Å². The number of amides is 1. The zero-order chi connectivity index (χ0) is 16.7. The number of aromatic nitrogens is 5. The molecule has 1 aliphatic rings. The Kier molecular flexibility index (Phi) is 3.41. The summed E-state index contributed by atoms with van der Waals surface area (Å²) in [4.78, 5) is 14.5. The highest BCUT2D eigenvalue weighted by atomic mass is 16.2. The smallest absolute Gasteiger partial charge is 0.246 e. The van der Waals surface area contributed by atoms with Crippen molar-refractivity contribution in [2.45, 2.75) is 25.9 Å². The predicted molar refractivity (Wildman–Crippen MR) is 88.0 cm³/mol. The molecule has 0 aliphatic carbocycles. The molecule has 1 N–H and O–H groups in total. The van der Waals surface area contributed by atoms with Crippen LogP contribution in [0.5, 0.6) is 0 Å². The van der Waals surface area contributed by atoms with Crippen molar-refractivity contribution < 1.29 is 4.79 Å². The number of nitrogens with zero attached hydrogens (tertiary/aromatic N) is 5. The summed E-state index contributed by atoms with van der Waals surface area (Å²) in [6.45, 7) is 2.39. The molecule has 0 spiro atoms. The summed E-state index contributed by atoms with van der Waals surface area (Å²) in [6, 6.07) is 11.6. The minimum atomic E-state index is -0.358. The standard InChI is InChI=1S/C17H18N6O/c1-11-8-13(19-18-11)16-21-20-15-10-22(2)17(24)14(23(15)16)9-12-6-4-3-5-7-12/h3-8,14H,9-10H2,1-2H3,(H,18,19)/t14-/m0/s1. The third-order valence-electron chi connectivity index (χ3n) is 4.32. The van der Waals surface area contributed by atoms with Crippen LogP contribution in [-0.4, -0.2) is 42.8 Å². The molecule has 1 amide bonds. The van der Waals surface area contributed by atoms with Crippen molar-refractivity contribution in [2.24, 2.45) is 0 Å². The van der Waals surface area contributed by atoms with Crippen LogP contribution in [0, 0.1) is 6.92 Å². The molecule has 3 heterocycles. The number of carbonyl (C=O) groups is 1. The first-order valence-corrected chi connectivity index (χ1v) is 7.88. The summed E-state index contributed by atoms with van der Waals surface area (Å²) < 4.78 is 1.94. The molecule has 0 radical (unpaired) electrons. The van der Waals surface area contributed by atoms with Crippen molar-refractivity contribution in [1.29, 1.82) is 0 Å². The zero-order valence-corrected chi connectivity index (χ0v) is 13.6. The Morgan fingerprint density at radius 3 is 2.75 bits per heavy atom. The SMILES string of the molecule is Cc1cc(-c2nnc3n2[C@@H](Cc2ccccc2)C(=O)N(C)C3)n[nH]1. The monoisotopic (exact) mass is 322 g/mol. The summed E-state index contributed by atoms with van der Waals surface area (Å²) in [5.74, 6) is 1.49. The molecular weight excluding hydrogens is 304 g/mol. The van der Waals surface area contributed by atoms with E-state index in [1.54, 1.807) is 11.9 Å². The molecule has 0 saturated heterocycles. The molecule has 0 fully saturated rings. The molecule has 1 aromatic carbocycles. The molecule has 2 aromatic heterocycles. The number of likely N-dealkylation sites (N-methyl/N-ethyl adjacent to an activating group) is 1. The highest BCUT2D eigenvalue weighted by Gasteiger charge is 2.35. The van der Waals surface area contributed by atoms with Gasteiger partial charge < -0.3 is 4.90 Å². The third-order valence-corrected chi connectivity index (χ3v) is 4.32. The quantitative estimate of drug-likeness (QED) is 0.796. The molecule has 7 nitrogen and oxygen atoms in total. The van der Waals surface area contributed by atoms with Gasteiger partial charge in [-0.25, -0.2) is 0 Å². The van der Waals surface area contributed by atoms with Crippen LogP contribution in [0.3, 0.4) is 0 Å². The van der Waals surface area contributed by atoms with E-state index in [0.29, 0.717) is 24.5 Å². The Labute approximate surface area is 139 Å². The Bertz CT molecular complexity index is 882. The van der Waals surface area contributed by atoms with Crippen molar-refractivity contribution >= 4 is 5.91 Å². The van der Waals surface area contributed by atoms with E-state index in [9.17, 15) is 4.79 Å². The maximum absolute atomic E-state index is 12.8. The highest BCUT2D eigenvalue weighted by Crippen LogP contribution is 2.29. The van der Waals surface area contributed by atoms with Gasteiger partial charge >= 0.3 is 0 Å². The summed E-state index contributed by atoms with van der Waals surface area (Å²) in [6.07, 6.45) is 0.603. The first-order chi connectivity index (χ1) is 11.6. The van der Waals surface area contributed by atoms with Crippen LogP contribution in [-0.2, 0) is 17.8 Å². The average Bonchev–Trinajstić information content (AvgIpc) is 3.18. The second kappa shape index (κ2) is 5.59. The van der Waals surface area contributed by atoms with Crippen molar-refractivity contribution in [1.82, 2.24) is 29.9 Å². The lowest BCUT2D eigenvalue weighted by Gasteiger charge is -2.31. The zero-order valence-electron chi connectivity index (χ0n) is 13.6. The van der Waals surface area contributed by atoms with Crippen LogP contribution in [0.1, 0.15) is 23.1 Å². The summed E-state index contributed by atoms with van der Waals surface area (Å²) in [7, 11) is 1.80. The van der Waals surface area contributed by atoms with E-state index >= 15 is 0 Å². The number of H-pyrrole nitrogens is 1. The number of hydrogen-bond acceptors (Lipinski definition) is 4. The van der Waals surface area contributed by atoms with Crippen LogP contribution >= 0.6 is 0 Å². The van der Waals surface area contributed by atoms with Gasteiger partial charge in [0.15, 0.2) is 11.6 Å². The topological polar surface area (TPSA) is 79.7 Å². The van der Waals surface area contributed by atoms with Crippen LogP contribution in [0.2, 0.25) is 0 Å². The number of hydrogen-bond donors (Lipinski definition) is 1. The molecular formula is C17H18N6O. The van der Waals surface area contributed by atoms with Gasteiger partial charge in [0.1, 0.15) is 11.7 Å². The average molecular weight is 322 g/mol. The Balaban J connectivity index is 1.80. The van der Waals surface area contributed by atoms with E-state index in [4.69, 9.17) is 0 Å². The van der Waals surface area contributed by atoms with E-state index in [0.717, 1.165) is 17.1 Å². The largest absolute Gasteiger partial charge is 0.336 e. The van der Waals surface area contributed by atoms with Gasteiger partial charge in [-0.1, -0.05) is 30.3 Å². The number of carbonyl (C=O) groups excluding carboxylic acids is 1. The minimum Gasteiger partial charge on any atom is -0.336 e. The lowest BCUT2D eigenvalue weighted by Crippen LogP contribution is -2.41. The Morgan fingerprint density at radius 2 is 2.04 bits per heavy atom. The van der Waals surface area contributed by atoms with Gasteiger partial charge in [0, 0.05) is 19.2 Å². The third kappa shape index (κ3) is 2.38. The predicted octanol–water partition coefficient (Wildman–Crippen LogP) is 1.73. The number of rotatable bonds is 3. The van der Waals surface area contributed by atoms with Gasteiger partial charge in [0.25, 0.3) is 0 Å². The highest BCUT2D eigenvalue weighted by molar-refractivity contribution is 5.82. The van der Waals surface area contributed by atoms with Crippen molar-refractivity contribution in [3.63, 3.8) is 0 Å². The Morgan fingerprint density at radius 1 is 1.25 bits per heavy atom. The summed E-state index contributed by atoms with van der Waals surface area (Å²) >= 11 is 0. The number of aryl methyl sites for hydroxylation is 1. The van der Waals surface area contributed by atoms with Crippen LogP contribution in [0.25, 0.3) is 11.5 Å². The molecule has 24 heavy (non-hydrogen) atoms. The van der Waals surface area contributed by atoms with Gasteiger partial charge in [-0.3, -0.25) is 14.5 Å². The van der Waals surface area contributed by atoms with Crippen molar-refractivity contribution in [2.75, 3.05) is 7.05 Å². The molecule has 1 atom stereocenters. The van der Waals surface area contributed by atoms with E-state index in [1.165, 1.54) is 0 Å². The number of benzene rings is 1. The van der Waals surface area contributed by atoms with Gasteiger partial charge in [0.2, 0.25) is 5.91 Å². The van der Waals surface area contributed by atoms with Crippen LogP contribution in [0.15, 0.2) is 36.4 Å². The summed E-state index contributed by atoms with van der Waals surface area (Å²) in [5, 5.41) is 15.8. The molecule has 0 saturated carbocycles. The number of fused-ring (bicyclic) bond motifs is 1. The molecule has 0 bridgehead atoms. The van der Waals surface area contributed by atoms with Crippen molar-refractivity contribution in [3.05, 3.63) is 53.5 Å². The van der Waals surface area contributed by atoms with E-state index < -0.39 is 0 Å². The van der Waals surface area contributed by atoms with Gasteiger partial charge in [-0.05, 0) is 18.6 Å². The van der Waals surface area contributed by atoms with Gasteiger partial charge in [-0.15, -0.1) is 10.2 Å². The maximum atomic E-state index is 12.8. The second-order valence-electron chi connectivity index (χ2n) is 6.15. The normalized spacial score (nSPS) is 17.2. The Hall–Kier alpha value is -2.96. The fraction of sp³-hybridized carbons (Fsp3) is 0.294. The number of nitrogens with one attached hydrogen (secondary N) is 1. The van der Waals surface area contributed by atoms with E-state index in [1.807, 2.05) is 47.9 Å². The minimum absolute atomic E-state index is 0.0691. The molecule has 122 valence electrons. The second-order valence-corrected chi connectivity index (χ2v) is 6.15. The summed E-state index contributed by atoms with van der Waals surface area (Å²) in [5.41, 5.74) is 2.76. The first kappa shape index (κ1) is 14.6. The lowest BCUT2D eigenvalue weighted by molar-refractivity contribution is -0.135. The molecule has 1 aliphatic heterocycles. The molecule has 3 aromatic rings. The molecule has 0 unspecified atom stereocenters. The first-order valence-electron chi connectivity index (χ1n) is 7.88. The van der Waals surface area contributed by atoms with Gasteiger partial charge in [0.05, 0.1) is 6.54 Å². The van der Waals surface area contributed by atoms with Crippen molar-refractivity contribution in [3.8, 4) is 11.5 Å². The lowest BCUT2D eigenvalue weighted by atomic mass is 10.0. The van der Waals surface area contributed by atoms with Crippen LogP contribution < -0.4 is 0 Å². The van der Waals surface area contributed by atoms with E-state index in [-0.39, 0.29) is 11.9 Å². The fourth-order valence-corrected chi connectivity index (χ4v) is 3.14. The fourth-order valence-electron chi connectivity index (χ4n) is 3.14. The van der Waals surface area contributed by atoms with Gasteiger partial charge in [-0.2, -0.15) is 5.10 Å². The maximum Gasteiger partial charge on any atom is 0.246 e. The molecule has 7 heteroatoms. The molecule has 4 rings (SSSR count). The number of aromatic amines is 1.